The molecule has 56 valence electrons. The summed E-state index contributed by atoms with van der Waals surface area (Å²) in [5.74, 6) is 0. The van der Waals surface area contributed by atoms with E-state index in [0.717, 1.165) is 7.11 Å². The van der Waals surface area contributed by atoms with Crippen LogP contribution < -0.4 is 0 Å². The molecular formula is C3H5ClF3NO. The van der Waals surface area contributed by atoms with E-state index in [1.165, 1.54) is 0 Å². The molecule has 0 saturated heterocycles. The largest absolute Gasteiger partial charge is 0.429 e. The molecule has 0 unspecified atom stereocenters. The summed E-state index contributed by atoms with van der Waals surface area (Å²) in [5, 5.41) is 2.49. The molecule has 6 heteroatoms. The van der Waals surface area contributed by atoms with Crippen molar-refractivity contribution in [2.24, 2.45) is 5.16 Å². The van der Waals surface area contributed by atoms with Gasteiger partial charge in [0.15, 0.2) is 0 Å². The highest BCUT2D eigenvalue weighted by atomic mass is 35.5. The lowest BCUT2D eigenvalue weighted by atomic mass is 10.7. The van der Waals surface area contributed by atoms with Gasteiger partial charge in [0.1, 0.15) is 13.3 Å². The van der Waals surface area contributed by atoms with Crippen LogP contribution in [0.2, 0.25) is 0 Å². The Morgan fingerprint density at radius 2 is 1.89 bits per heavy atom. The van der Waals surface area contributed by atoms with E-state index >= 15 is 0 Å². The summed E-state index contributed by atoms with van der Waals surface area (Å²) in [4.78, 5) is 3.77. The van der Waals surface area contributed by atoms with Gasteiger partial charge in [-0.25, -0.2) is 0 Å². The number of oxime groups is 1. The van der Waals surface area contributed by atoms with Crippen LogP contribution >= 0.6 is 12.4 Å². The van der Waals surface area contributed by atoms with Gasteiger partial charge >= 0.3 is 6.18 Å². The molecule has 0 atom stereocenters. The van der Waals surface area contributed by atoms with Crippen LogP contribution in [0.4, 0.5) is 13.2 Å². The number of alkyl halides is 3. The van der Waals surface area contributed by atoms with E-state index in [4.69, 9.17) is 0 Å². The molecule has 0 aliphatic rings. The second kappa shape index (κ2) is 4.43. The molecule has 0 N–H and O–H groups in total. The van der Waals surface area contributed by atoms with E-state index in [2.05, 4.69) is 9.99 Å². The van der Waals surface area contributed by atoms with Gasteiger partial charge in [-0.15, -0.1) is 12.4 Å². The van der Waals surface area contributed by atoms with E-state index in [-0.39, 0.29) is 18.6 Å². The molecule has 0 fully saturated rings. The van der Waals surface area contributed by atoms with Crippen molar-refractivity contribution >= 4 is 18.6 Å². The summed E-state index contributed by atoms with van der Waals surface area (Å²) in [6.07, 6.45) is -4.59. The Kier molecular flexibility index (Phi) is 5.59. The van der Waals surface area contributed by atoms with Crippen molar-refractivity contribution in [3.63, 3.8) is 0 Å². The Morgan fingerprint density at radius 3 is 2.00 bits per heavy atom. The molecule has 0 radical (unpaired) electrons. The van der Waals surface area contributed by atoms with Gasteiger partial charge in [-0.3, -0.25) is 0 Å². The fourth-order valence-corrected chi connectivity index (χ4v) is 0.112. The minimum atomic E-state index is -4.37. The standard InChI is InChI=1S/C3H4F3NO.ClH/c1-8-7-2-3(4,5)6;/h2H,1H3;1H. The molecule has 0 spiro atoms. The van der Waals surface area contributed by atoms with Crippen LogP contribution in [0.25, 0.3) is 0 Å². The Labute approximate surface area is 56.1 Å². The Hall–Kier alpha value is -0.450. The summed E-state index contributed by atoms with van der Waals surface area (Å²) in [6.45, 7) is 0. The van der Waals surface area contributed by atoms with E-state index < -0.39 is 6.18 Å². The first-order valence-corrected chi connectivity index (χ1v) is 1.70. The second-order valence-electron chi connectivity index (χ2n) is 0.959. The lowest BCUT2D eigenvalue weighted by molar-refractivity contribution is -0.0560. The fraction of sp³-hybridized carbons (Fsp3) is 0.667. The number of rotatable bonds is 1. The minimum Gasteiger partial charge on any atom is -0.399 e. The van der Waals surface area contributed by atoms with Crippen molar-refractivity contribution in [2.45, 2.75) is 6.18 Å². The van der Waals surface area contributed by atoms with Gasteiger partial charge in [0.2, 0.25) is 0 Å². The first-order chi connectivity index (χ1) is 3.56. The van der Waals surface area contributed by atoms with Crippen molar-refractivity contribution < 1.29 is 18.0 Å². The first-order valence-electron chi connectivity index (χ1n) is 1.70. The molecule has 0 amide bonds. The maximum atomic E-state index is 11.0. The fourth-order valence-electron chi connectivity index (χ4n) is 0.112. The zero-order chi connectivity index (χ0) is 6.62. The van der Waals surface area contributed by atoms with Gasteiger partial charge in [-0.2, -0.15) is 13.2 Å². The average molecular weight is 164 g/mol. The third-order valence-corrected chi connectivity index (χ3v) is 0.304. The molecule has 0 saturated carbocycles. The van der Waals surface area contributed by atoms with E-state index in [1.807, 2.05) is 0 Å². The molecule has 0 aromatic carbocycles. The summed E-state index contributed by atoms with van der Waals surface area (Å²) in [7, 11) is 1.04. The SMILES string of the molecule is CON=CC(F)(F)F.Cl. The van der Waals surface area contributed by atoms with Crippen molar-refractivity contribution in [3.8, 4) is 0 Å². The summed E-state index contributed by atoms with van der Waals surface area (Å²) >= 11 is 0. The molecule has 0 bridgehead atoms. The normalized spacial score (nSPS) is 11.1. The number of hydrogen-bond donors (Lipinski definition) is 0. The smallest absolute Gasteiger partial charge is 0.399 e. The molecule has 0 aromatic heterocycles. The van der Waals surface area contributed by atoms with Crippen molar-refractivity contribution in [1.29, 1.82) is 0 Å². The highest BCUT2D eigenvalue weighted by Crippen LogP contribution is 2.09. The zero-order valence-corrected chi connectivity index (χ0v) is 5.29. The Balaban J connectivity index is 0. The van der Waals surface area contributed by atoms with E-state index in [9.17, 15) is 13.2 Å². The minimum absolute atomic E-state index is 0. The molecular weight excluding hydrogens is 158 g/mol. The quantitative estimate of drug-likeness (QED) is 0.425. The van der Waals surface area contributed by atoms with Gasteiger partial charge in [0, 0.05) is 0 Å². The van der Waals surface area contributed by atoms with Crippen molar-refractivity contribution in [3.05, 3.63) is 0 Å². The maximum Gasteiger partial charge on any atom is 0.429 e. The van der Waals surface area contributed by atoms with Gasteiger partial charge in [0.25, 0.3) is 0 Å². The highest BCUT2D eigenvalue weighted by molar-refractivity contribution is 5.85. The Bertz CT molecular complexity index is 91.5. The predicted octanol–water partition coefficient (Wildman–Crippen LogP) is 1.60. The number of nitrogens with zero attached hydrogens (tertiary/aromatic N) is 1. The molecule has 9 heavy (non-hydrogen) atoms. The van der Waals surface area contributed by atoms with Crippen LogP contribution in [-0.2, 0) is 4.84 Å². The van der Waals surface area contributed by atoms with E-state index in [1.54, 1.807) is 0 Å². The van der Waals surface area contributed by atoms with Crippen molar-refractivity contribution in [1.82, 2.24) is 0 Å². The molecule has 0 rings (SSSR count). The first kappa shape index (κ1) is 11.4. The van der Waals surface area contributed by atoms with Gasteiger partial charge in [0.05, 0.1) is 0 Å². The monoisotopic (exact) mass is 163 g/mol. The predicted molar refractivity (Wildman–Crippen MR) is 28.8 cm³/mol. The van der Waals surface area contributed by atoms with Crippen LogP contribution in [-0.4, -0.2) is 19.5 Å². The maximum absolute atomic E-state index is 11.0. The van der Waals surface area contributed by atoms with Crippen LogP contribution in [0.1, 0.15) is 0 Å². The summed E-state index contributed by atoms with van der Waals surface area (Å²) in [6, 6.07) is 0. The van der Waals surface area contributed by atoms with Gasteiger partial charge in [-0.05, 0) is 0 Å². The average Bonchev–Trinajstić information content (AvgIpc) is 1.59. The number of halogens is 4. The molecule has 0 aliphatic heterocycles. The summed E-state index contributed by atoms with van der Waals surface area (Å²) in [5.41, 5.74) is 0. The van der Waals surface area contributed by atoms with E-state index in [0.29, 0.717) is 0 Å². The third-order valence-electron chi connectivity index (χ3n) is 0.304. The van der Waals surface area contributed by atoms with Crippen LogP contribution in [0.5, 0.6) is 0 Å². The number of hydrogen-bond acceptors (Lipinski definition) is 2. The van der Waals surface area contributed by atoms with Crippen LogP contribution in [0.3, 0.4) is 0 Å². The lowest BCUT2D eigenvalue weighted by Crippen LogP contribution is -2.08. The second-order valence-corrected chi connectivity index (χ2v) is 0.959. The van der Waals surface area contributed by atoms with Gasteiger partial charge < -0.3 is 4.84 Å². The molecule has 2 nitrogen and oxygen atoms in total. The Morgan fingerprint density at radius 1 is 1.44 bits per heavy atom. The highest BCUT2D eigenvalue weighted by Gasteiger charge is 2.23. The van der Waals surface area contributed by atoms with Crippen LogP contribution in [0, 0.1) is 0 Å². The molecule has 0 heterocycles. The van der Waals surface area contributed by atoms with Crippen LogP contribution in [0.15, 0.2) is 5.16 Å². The zero-order valence-electron chi connectivity index (χ0n) is 4.47. The third kappa shape index (κ3) is 11.2. The molecule has 0 aliphatic carbocycles. The molecule has 0 aromatic rings. The van der Waals surface area contributed by atoms with Gasteiger partial charge in [-0.1, -0.05) is 5.16 Å². The lowest BCUT2D eigenvalue weighted by Gasteiger charge is -1.93. The topological polar surface area (TPSA) is 21.6 Å². The summed E-state index contributed by atoms with van der Waals surface area (Å²) < 4.78 is 33.0. The van der Waals surface area contributed by atoms with Crippen molar-refractivity contribution in [2.75, 3.05) is 7.11 Å².